The second-order valence-electron chi connectivity index (χ2n) is 9.88. The number of likely N-dealkylation sites (tertiary alicyclic amines) is 1. The molecule has 0 saturated carbocycles. The Kier molecular flexibility index (Phi) is 5.58. The molecule has 0 radical (unpaired) electrons. The summed E-state index contributed by atoms with van der Waals surface area (Å²) in [6.45, 7) is 12.8. The fourth-order valence-corrected chi connectivity index (χ4v) is 4.59. The summed E-state index contributed by atoms with van der Waals surface area (Å²) in [6, 6.07) is 8.29. The first kappa shape index (κ1) is 21.2. The number of carbonyl (C=O) groups excluding carboxylic acids is 1. The fraction of sp³-hybridized carbons (Fsp3) is 0.636. The van der Waals surface area contributed by atoms with Crippen molar-refractivity contribution in [3.63, 3.8) is 0 Å². The van der Waals surface area contributed by atoms with E-state index in [1.165, 1.54) is 5.56 Å². The summed E-state index contributed by atoms with van der Waals surface area (Å²) in [7, 11) is 0. The molecule has 28 heavy (non-hydrogen) atoms. The number of amides is 1. The molecule has 1 aromatic carbocycles. The van der Waals surface area contributed by atoms with Crippen LogP contribution in [0.25, 0.3) is 0 Å². The van der Waals surface area contributed by atoms with Crippen molar-refractivity contribution < 1.29 is 14.1 Å². The van der Waals surface area contributed by atoms with Crippen molar-refractivity contribution in [2.24, 2.45) is 9.81 Å². The molecule has 0 unspecified atom stereocenters. The lowest BCUT2D eigenvalue weighted by Gasteiger charge is -2.39. The van der Waals surface area contributed by atoms with Crippen molar-refractivity contribution in [3.8, 4) is 0 Å². The SMILES string of the molecule is CC(C)(C)OC(=O)N1CCC2(CC1)Cc1ccccc1/C2=N\[S@@+]([O-])C(C)(C)C. The van der Waals surface area contributed by atoms with Crippen LogP contribution in [0.3, 0.4) is 0 Å². The van der Waals surface area contributed by atoms with Gasteiger partial charge in [-0.2, -0.15) is 0 Å². The summed E-state index contributed by atoms with van der Waals surface area (Å²) in [5.41, 5.74) is 2.69. The molecule has 1 heterocycles. The van der Waals surface area contributed by atoms with Gasteiger partial charge in [0.15, 0.2) is 0 Å². The Morgan fingerprint density at radius 3 is 2.32 bits per heavy atom. The van der Waals surface area contributed by atoms with E-state index in [4.69, 9.17) is 9.13 Å². The number of hydrogen-bond donors (Lipinski definition) is 0. The zero-order valence-electron chi connectivity index (χ0n) is 17.9. The van der Waals surface area contributed by atoms with E-state index in [2.05, 4.69) is 12.1 Å². The van der Waals surface area contributed by atoms with Crippen molar-refractivity contribution >= 4 is 23.2 Å². The van der Waals surface area contributed by atoms with Gasteiger partial charge in [-0.25, -0.2) is 4.79 Å². The average molecular weight is 405 g/mol. The van der Waals surface area contributed by atoms with E-state index >= 15 is 0 Å². The van der Waals surface area contributed by atoms with Crippen LogP contribution in [-0.2, 0) is 22.5 Å². The van der Waals surface area contributed by atoms with Gasteiger partial charge >= 0.3 is 6.09 Å². The predicted octanol–water partition coefficient (Wildman–Crippen LogP) is 4.51. The third kappa shape index (κ3) is 4.38. The first-order valence-corrected chi connectivity index (χ1v) is 11.1. The maximum Gasteiger partial charge on any atom is 0.410 e. The molecule has 1 aliphatic heterocycles. The molecular formula is C22H32N2O3S. The van der Waals surface area contributed by atoms with E-state index < -0.39 is 21.7 Å². The molecule has 0 bridgehead atoms. The number of piperidine rings is 1. The van der Waals surface area contributed by atoms with Gasteiger partial charge in [0.05, 0.1) is 0 Å². The molecule has 1 aliphatic carbocycles. The van der Waals surface area contributed by atoms with Crippen molar-refractivity contribution in [1.29, 1.82) is 0 Å². The van der Waals surface area contributed by atoms with Gasteiger partial charge in [0, 0.05) is 24.1 Å². The minimum absolute atomic E-state index is 0.150. The topological polar surface area (TPSA) is 65.0 Å². The van der Waals surface area contributed by atoms with E-state index in [0.717, 1.165) is 30.5 Å². The Hall–Kier alpha value is -1.53. The van der Waals surface area contributed by atoms with Gasteiger partial charge in [0.25, 0.3) is 0 Å². The van der Waals surface area contributed by atoms with E-state index in [1.54, 1.807) is 4.90 Å². The zero-order chi connectivity index (χ0) is 20.7. The molecule has 1 amide bonds. The molecule has 1 aromatic rings. The van der Waals surface area contributed by atoms with E-state index in [0.29, 0.717) is 13.1 Å². The van der Waals surface area contributed by atoms with Crippen molar-refractivity contribution in [3.05, 3.63) is 35.4 Å². The summed E-state index contributed by atoms with van der Waals surface area (Å²) in [6.07, 6.45) is 2.25. The molecule has 1 fully saturated rings. The highest BCUT2D eigenvalue weighted by atomic mass is 32.2. The zero-order valence-corrected chi connectivity index (χ0v) is 18.7. The van der Waals surface area contributed by atoms with E-state index in [1.807, 2.05) is 53.7 Å². The van der Waals surface area contributed by atoms with Gasteiger partial charge in [-0.15, -0.1) is 0 Å². The second-order valence-corrected chi connectivity index (χ2v) is 11.8. The monoisotopic (exact) mass is 404 g/mol. The molecule has 3 rings (SSSR count). The Labute approximate surface area is 171 Å². The maximum absolute atomic E-state index is 12.8. The van der Waals surface area contributed by atoms with Crippen LogP contribution in [0.1, 0.15) is 65.5 Å². The number of carbonyl (C=O) groups is 1. The summed E-state index contributed by atoms with van der Waals surface area (Å²) >= 11 is -1.31. The normalized spacial score (nSPS) is 21.7. The second kappa shape index (κ2) is 7.38. The van der Waals surface area contributed by atoms with Crippen LogP contribution < -0.4 is 0 Å². The Bertz CT molecular complexity index is 769. The van der Waals surface area contributed by atoms with Crippen LogP contribution in [0, 0.1) is 5.41 Å². The van der Waals surface area contributed by atoms with Gasteiger partial charge < -0.3 is 14.2 Å². The summed E-state index contributed by atoms with van der Waals surface area (Å²) in [5.74, 6) is 0. The van der Waals surface area contributed by atoms with Crippen LogP contribution in [-0.4, -0.2) is 44.7 Å². The quantitative estimate of drug-likeness (QED) is 0.647. The lowest BCUT2D eigenvalue weighted by molar-refractivity contribution is 0.0159. The highest BCUT2D eigenvalue weighted by Gasteiger charge is 2.48. The van der Waals surface area contributed by atoms with Crippen LogP contribution in [0.4, 0.5) is 4.79 Å². The highest BCUT2D eigenvalue weighted by molar-refractivity contribution is 7.91. The molecule has 5 nitrogen and oxygen atoms in total. The number of hydrogen-bond acceptors (Lipinski definition) is 4. The third-order valence-electron chi connectivity index (χ3n) is 5.37. The molecule has 1 atom stereocenters. The van der Waals surface area contributed by atoms with Crippen LogP contribution in [0.2, 0.25) is 0 Å². The molecule has 154 valence electrons. The molecule has 0 aromatic heterocycles. The lowest BCUT2D eigenvalue weighted by atomic mass is 9.74. The fourth-order valence-electron chi connectivity index (χ4n) is 3.86. The largest absolute Gasteiger partial charge is 0.591 e. The Morgan fingerprint density at radius 1 is 1.14 bits per heavy atom. The smallest absolute Gasteiger partial charge is 0.410 e. The average Bonchev–Trinajstić information content (AvgIpc) is 2.86. The summed E-state index contributed by atoms with van der Waals surface area (Å²) in [4.78, 5) is 14.2. The van der Waals surface area contributed by atoms with E-state index in [-0.39, 0.29) is 11.5 Å². The first-order chi connectivity index (χ1) is 12.9. The van der Waals surface area contributed by atoms with Gasteiger partial charge in [-0.3, -0.25) is 0 Å². The summed E-state index contributed by atoms with van der Waals surface area (Å²) < 4.78 is 22.7. The molecule has 1 saturated heterocycles. The lowest BCUT2D eigenvalue weighted by Crippen LogP contribution is -2.47. The van der Waals surface area contributed by atoms with Gasteiger partial charge in [-0.05, 0) is 66.4 Å². The van der Waals surface area contributed by atoms with Crippen LogP contribution >= 0.6 is 0 Å². The highest BCUT2D eigenvalue weighted by Crippen LogP contribution is 2.46. The molecule has 6 heteroatoms. The number of benzene rings is 1. The molecule has 2 aliphatic rings. The minimum Gasteiger partial charge on any atom is -0.591 e. The molecule has 0 N–H and O–H groups in total. The molecule has 1 spiro atoms. The first-order valence-electron chi connectivity index (χ1n) is 9.99. The predicted molar refractivity (Wildman–Crippen MR) is 114 cm³/mol. The number of nitrogens with zero attached hydrogens (tertiary/aromatic N) is 2. The van der Waals surface area contributed by atoms with Crippen molar-refractivity contribution in [1.82, 2.24) is 4.90 Å². The van der Waals surface area contributed by atoms with Gasteiger partial charge in [0.2, 0.25) is 0 Å². The number of fused-ring (bicyclic) bond motifs is 1. The Balaban J connectivity index is 1.85. The van der Waals surface area contributed by atoms with Crippen LogP contribution in [0.5, 0.6) is 0 Å². The van der Waals surface area contributed by atoms with E-state index in [9.17, 15) is 9.35 Å². The maximum atomic E-state index is 12.8. The number of rotatable bonds is 1. The standard InChI is InChI=1S/C22H32N2O3S/c1-20(2,3)27-19(25)24-13-11-22(12-14-24)15-16-9-7-8-10-17(16)18(22)23-28(26)21(4,5)6/h7-10H,11-15H2,1-6H3/b23-18+/t28-/m0/s1. The van der Waals surface area contributed by atoms with Gasteiger partial charge in [0.1, 0.15) is 27.4 Å². The summed E-state index contributed by atoms with van der Waals surface area (Å²) in [5, 5.41) is 0. The van der Waals surface area contributed by atoms with Crippen LogP contribution in [0.15, 0.2) is 28.7 Å². The van der Waals surface area contributed by atoms with Gasteiger partial charge in [-0.1, -0.05) is 28.7 Å². The third-order valence-corrected chi connectivity index (χ3v) is 6.77. The van der Waals surface area contributed by atoms with Crippen molar-refractivity contribution in [2.45, 2.75) is 71.2 Å². The minimum atomic E-state index is -1.31. The van der Waals surface area contributed by atoms with Crippen molar-refractivity contribution in [2.75, 3.05) is 13.1 Å². The Morgan fingerprint density at radius 2 is 1.75 bits per heavy atom. The number of ether oxygens (including phenoxy) is 1. The molecular weight excluding hydrogens is 372 g/mol.